The summed E-state index contributed by atoms with van der Waals surface area (Å²) < 4.78 is 11.3. The molecule has 1 aromatic rings. The van der Waals surface area contributed by atoms with E-state index >= 15 is 0 Å². The normalized spacial score (nSPS) is 24.7. The average Bonchev–Trinajstić information content (AvgIpc) is 2.56. The van der Waals surface area contributed by atoms with Gasteiger partial charge in [0.15, 0.2) is 0 Å². The molecule has 0 radical (unpaired) electrons. The van der Waals surface area contributed by atoms with E-state index in [-0.39, 0.29) is 0 Å². The van der Waals surface area contributed by atoms with Crippen molar-refractivity contribution in [3.63, 3.8) is 0 Å². The van der Waals surface area contributed by atoms with Gasteiger partial charge in [0.2, 0.25) is 0 Å². The summed E-state index contributed by atoms with van der Waals surface area (Å²) in [5.74, 6) is 0.988. The van der Waals surface area contributed by atoms with Crippen LogP contribution in [0.25, 0.3) is 0 Å². The molecule has 0 aromatic heterocycles. The Morgan fingerprint density at radius 1 is 1.22 bits per heavy atom. The van der Waals surface area contributed by atoms with Gasteiger partial charge in [0, 0.05) is 25.7 Å². The van der Waals surface area contributed by atoms with Crippen molar-refractivity contribution in [2.24, 2.45) is 0 Å². The van der Waals surface area contributed by atoms with Crippen LogP contribution in [0.3, 0.4) is 0 Å². The standard InChI is InChI=1S/C19H30N2O2/c1-3-22-19-6-4-5-17(13-19)15-20-9-7-18(8-10-20)21-11-12-23-16(2)14-21/h4-6,13,16,18H,3,7-12,14-15H2,1-2H3/t16-/m0/s1. The van der Waals surface area contributed by atoms with E-state index in [1.165, 1.54) is 31.5 Å². The topological polar surface area (TPSA) is 24.9 Å². The van der Waals surface area contributed by atoms with Gasteiger partial charge >= 0.3 is 0 Å². The molecule has 1 atom stereocenters. The molecule has 0 spiro atoms. The van der Waals surface area contributed by atoms with E-state index in [0.717, 1.165) is 44.6 Å². The second-order valence-electron chi connectivity index (χ2n) is 6.76. The van der Waals surface area contributed by atoms with Crippen LogP contribution in [0.1, 0.15) is 32.3 Å². The van der Waals surface area contributed by atoms with Crippen LogP contribution < -0.4 is 4.74 Å². The van der Waals surface area contributed by atoms with Crippen molar-refractivity contribution in [1.29, 1.82) is 0 Å². The van der Waals surface area contributed by atoms with Gasteiger partial charge in [-0.1, -0.05) is 12.1 Å². The lowest BCUT2D eigenvalue weighted by Gasteiger charge is -2.41. The third kappa shape index (κ3) is 4.69. The lowest BCUT2D eigenvalue weighted by Crippen LogP contribution is -2.50. The third-order valence-electron chi connectivity index (χ3n) is 4.96. The van der Waals surface area contributed by atoms with Crippen LogP contribution in [-0.4, -0.2) is 61.3 Å². The monoisotopic (exact) mass is 318 g/mol. The Labute approximate surface area is 140 Å². The van der Waals surface area contributed by atoms with Crippen LogP contribution in [-0.2, 0) is 11.3 Å². The van der Waals surface area contributed by atoms with E-state index in [4.69, 9.17) is 9.47 Å². The van der Waals surface area contributed by atoms with Gasteiger partial charge < -0.3 is 9.47 Å². The number of ether oxygens (including phenoxy) is 2. The van der Waals surface area contributed by atoms with E-state index < -0.39 is 0 Å². The molecular weight excluding hydrogens is 288 g/mol. The fourth-order valence-electron chi connectivity index (χ4n) is 3.78. The summed E-state index contributed by atoms with van der Waals surface area (Å²) in [6.45, 7) is 11.5. The van der Waals surface area contributed by atoms with Gasteiger partial charge in [-0.25, -0.2) is 0 Å². The molecule has 0 N–H and O–H groups in total. The molecule has 128 valence electrons. The van der Waals surface area contributed by atoms with Crippen LogP contribution in [0, 0.1) is 0 Å². The summed E-state index contributed by atoms with van der Waals surface area (Å²) >= 11 is 0. The molecule has 2 aliphatic heterocycles. The highest BCUT2D eigenvalue weighted by Crippen LogP contribution is 2.21. The molecule has 0 aliphatic carbocycles. The largest absolute Gasteiger partial charge is 0.494 e. The minimum Gasteiger partial charge on any atom is -0.494 e. The van der Waals surface area contributed by atoms with Crippen molar-refractivity contribution >= 4 is 0 Å². The van der Waals surface area contributed by atoms with Gasteiger partial charge in [-0.3, -0.25) is 9.80 Å². The number of nitrogens with zero attached hydrogens (tertiary/aromatic N) is 2. The highest BCUT2D eigenvalue weighted by atomic mass is 16.5. The van der Waals surface area contributed by atoms with Crippen molar-refractivity contribution < 1.29 is 9.47 Å². The second kappa shape index (κ2) is 8.13. The Bertz CT molecular complexity index is 486. The highest BCUT2D eigenvalue weighted by molar-refractivity contribution is 5.28. The number of benzene rings is 1. The molecule has 2 aliphatic rings. The minimum absolute atomic E-state index is 0.392. The maximum absolute atomic E-state index is 5.67. The van der Waals surface area contributed by atoms with Crippen molar-refractivity contribution in [3.05, 3.63) is 29.8 Å². The first-order valence-corrected chi connectivity index (χ1v) is 9.04. The van der Waals surface area contributed by atoms with Crippen LogP contribution in [0.5, 0.6) is 5.75 Å². The SMILES string of the molecule is CCOc1cccc(CN2CCC(N3CCO[C@@H](C)C3)CC2)c1. The van der Waals surface area contributed by atoms with Crippen LogP contribution in [0.2, 0.25) is 0 Å². The molecule has 23 heavy (non-hydrogen) atoms. The van der Waals surface area contributed by atoms with E-state index in [1.54, 1.807) is 0 Å². The number of morpholine rings is 1. The molecular formula is C19H30N2O2. The zero-order chi connectivity index (χ0) is 16.1. The van der Waals surface area contributed by atoms with Gasteiger partial charge in [-0.05, 0) is 57.5 Å². The Morgan fingerprint density at radius 2 is 2.04 bits per heavy atom. The fourth-order valence-corrected chi connectivity index (χ4v) is 3.78. The number of hydrogen-bond donors (Lipinski definition) is 0. The van der Waals surface area contributed by atoms with Gasteiger partial charge in [0.05, 0.1) is 19.3 Å². The summed E-state index contributed by atoms with van der Waals surface area (Å²) in [7, 11) is 0. The number of likely N-dealkylation sites (tertiary alicyclic amines) is 1. The van der Waals surface area contributed by atoms with Gasteiger partial charge in [0.25, 0.3) is 0 Å². The van der Waals surface area contributed by atoms with Crippen LogP contribution in [0.15, 0.2) is 24.3 Å². The molecule has 0 unspecified atom stereocenters. The lowest BCUT2D eigenvalue weighted by molar-refractivity contribution is -0.0437. The second-order valence-corrected chi connectivity index (χ2v) is 6.76. The predicted molar refractivity (Wildman–Crippen MR) is 92.9 cm³/mol. The fraction of sp³-hybridized carbons (Fsp3) is 0.684. The quantitative estimate of drug-likeness (QED) is 0.833. The van der Waals surface area contributed by atoms with Crippen molar-refractivity contribution in [3.8, 4) is 5.75 Å². The van der Waals surface area contributed by atoms with Gasteiger partial charge in [0.1, 0.15) is 5.75 Å². The molecule has 2 fully saturated rings. The van der Waals surface area contributed by atoms with Crippen molar-refractivity contribution in [2.75, 3.05) is 39.4 Å². The smallest absolute Gasteiger partial charge is 0.119 e. The number of rotatable bonds is 5. The van der Waals surface area contributed by atoms with Gasteiger partial charge in [-0.2, -0.15) is 0 Å². The summed E-state index contributed by atoms with van der Waals surface area (Å²) in [5.41, 5.74) is 1.36. The first kappa shape index (κ1) is 16.7. The lowest BCUT2D eigenvalue weighted by atomic mass is 10.0. The van der Waals surface area contributed by atoms with Gasteiger partial charge in [-0.15, -0.1) is 0 Å². The van der Waals surface area contributed by atoms with E-state index in [1.807, 2.05) is 13.0 Å². The molecule has 0 saturated carbocycles. The molecule has 2 heterocycles. The Kier molecular flexibility index (Phi) is 5.92. The van der Waals surface area contributed by atoms with E-state index in [0.29, 0.717) is 6.10 Å². The highest BCUT2D eigenvalue weighted by Gasteiger charge is 2.27. The predicted octanol–water partition coefficient (Wildman–Crippen LogP) is 2.77. The minimum atomic E-state index is 0.392. The van der Waals surface area contributed by atoms with Crippen molar-refractivity contribution in [1.82, 2.24) is 9.80 Å². The van der Waals surface area contributed by atoms with E-state index in [2.05, 4.69) is 34.9 Å². The summed E-state index contributed by atoms with van der Waals surface area (Å²) in [4.78, 5) is 5.21. The molecule has 4 nitrogen and oxygen atoms in total. The van der Waals surface area contributed by atoms with E-state index in [9.17, 15) is 0 Å². The number of piperidine rings is 1. The summed E-state index contributed by atoms with van der Waals surface area (Å²) in [6.07, 6.45) is 2.94. The third-order valence-corrected chi connectivity index (χ3v) is 4.96. The Balaban J connectivity index is 1.48. The molecule has 3 rings (SSSR count). The summed E-state index contributed by atoms with van der Waals surface area (Å²) in [5, 5.41) is 0. The van der Waals surface area contributed by atoms with Crippen LogP contribution in [0.4, 0.5) is 0 Å². The zero-order valence-electron chi connectivity index (χ0n) is 14.5. The Hall–Kier alpha value is -1.10. The molecule has 0 bridgehead atoms. The molecule has 1 aromatic carbocycles. The average molecular weight is 318 g/mol. The molecule has 4 heteroatoms. The Morgan fingerprint density at radius 3 is 2.78 bits per heavy atom. The zero-order valence-corrected chi connectivity index (χ0v) is 14.5. The molecule has 0 amide bonds. The maximum Gasteiger partial charge on any atom is 0.119 e. The maximum atomic E-state index is 5.67. The first-order chi connectivity index (χ1) is 11.2. The number of hydrogen-bond acceptors (Lipinski definition) is 4. The molecule has 2 saturated heterocycles. The first-order valence-electron chi connectivity index (χ1n) is 9.04. The van der Waals surface area contributed by atoms with Crippen molar-refractivity contribution in [2.45, 2.75) is 45.4 Å². The summed E-state index contributed by atoms with van der Waals surface area (Å²) in [6, 6.07) is 9.27. The van der Waals surface area contributed by atoms with Crippen LogP contribution >= 0.6 is 0 Å².